The fraction of sp³-hybridized carbons (Fsp3) is 0.182. The van der Waals surface area contributed by atoms with Crippen LogP contribution in [0, 0.1) is 5.82 Å². The summed E-state index contributed by atoms with van der Waals surface area (Å²) in [6.45, 7) is 0.310. The van der Waals surface area contributed by atoms with E-state index in [1.165, 1.54) is 30.3 Å². The Morgan fingerprint density at radius 3 is 2.66 bits per heavy atom. The Hall–Kier alpha value is -3.66. The third-order valence-corrected chi connectivity index (χ3v) is 5.08. The highest BCUT2D eigenvalue weighted by Crippen LogP contribution is 2.14. The van der Waals surface area contributed by atoms with E-state index in [0.717, 1.165) is 17.3 Å². The van der Waals surface area contributed by atoms with Gasteiger partial charge in [-0.2, -0.15) is 0 Å². The number of benzene rings is 2. The normalized spacial score (nSPS) is 10.4. The summed E-state index contributed by atoms with van der Waals surface area (Å²) in [5, 5.41) is 5.62. The lowest BCUT2D eigenvalue weighted by Gasteiger charge is -2.08. The van der Waals surface area contributed by atoms with Gasteiger partial charge >= 0.3 is 0 Å². The van der Waals surface area contributed by atoms with Crippen LogP contribution in [0.1, 0.15) is 11.3 Å². The molecule has 0 saturated carbocycles. The second-order valence-corrected chi connectivity index (χ2v) is 7.65. The maximum atomic E-state index is 12.9. The van der Waals surface area contributed by atoms with Gasteiger partial charge in [0.25, 0.3) is 5.56 Å². The van der Waals surface area contributed by atoms with Gasteiger partial charge in [-0.3, -0.25) is 14.4 Å². The zero-order valence-electron chi connectivity index (χ0n) is 17.2. The first-order valence-electron chi connectivity index (χ1n) is 9.59. The number of H-pyrrole nitrogens is 1. The summed E-state index contributed by atoms with van der Waals surface area (Å²) in [7, 11) is 1.57. The molecule has 0 unspecified atom stereocenters. The number of aromatic nitrogens is 2. The van der Waals surface area contributed by atoms with Crippen molar-refractivity contribution in [3.8, 4) is 5.75 Å². The highest BCUT2D eigenvalue weighted by Gasteiger charge is 2.10. The van der Waals surface area contributed by atoms with Crippen LogP contribution in [0.3, 0.4) is 0 Å². The standard InChI is InChI=1S/C22H21FN4O4S/c1-31-18-4-2-3-14(9-18)12-24-19(28)10-17-11-20(29)27-22(26-17)32-13-21(30)25-16-7-5-15(23)6-8-16/h2-9,11H,10,12-13H2,1H3,(H,24,28)(H,25,30)(H,26,27,29). The predicted octanol–water partition coefficient (Wildman–Crippen LogP) is 2.51. The summed E-state index contributed by atoms with van der Waals surface area (Å²) in [5.74, 6) is -0.366. The first-order valence-corrected chi connectivity index (χ1v) is 10.6. The molecule has 32 heavy (non-hydrogen) atoms. The Bertz CT molecular complexity index is 1150. The summed E-state index contributed by atoms with van der Waals surface area (Å²) in [6.07, 6.45) is -0.0801. The maximum absolute atomic E-state index is 12.9. The number of methoxy groups -OCH3 is 1. The minimum absolute atomic E-state index is 0.0220. The van der Waals surface area contributed by atoms with Crippen molar-refractivity contribution in [2.24, 2.45) is 0 Å². The van der Waals surface area contributed by atoms with Gasteiger partial charge in [-0.1, -0.05) is 23.9 Å². The van der Waals surface area contributed by atoms with E-state index in [0.29, 0.717) is 23.7 Å². The number of ether oxygens (including phenoxy) is 1. The van der Waals surface area contributed by atoms with Gasteiger partial charge in [0, 0.05) is 18.3 Å². The first kappa shape index (κ1) is 23.0. The number of nitrogens with one attached hydrogen (secondary N) is 3. The van der Waals surface area contributed by atoms with Crippen LogP contribution in [0.4, 0.5) is 10.1 Å². The molecule has 166 valence electrons. The Kier molecular flexibility index (Phi) is 7.98. The van der Waals surface area contributed by atoms with Crippen LogP contribution in [0.2, 0.25) is 0 Å². The van der Waals surface area contributed by atoms with E-state index in [9.17, 15) is 18.8 Å². The molecule has 10 heteroatoms. The van der Waals surface area contributed by atoms with Crippen LogP contribution in [0.15, 0.2) is 64.5 Å². The zero-order valence-corrected chi connectivity index (χ0v) is 18.0. The van der Waals surface area contributed by atoms with Gasteiger partial charge in [0.1, 0.15) is 11.6 Å². The number of anilines is 1. The van der Waals surface area contributed by atoms with Crippen molar-refractivity contribution < 1.29 is 18.7 Å². The van der Waals surface area contributed by atoms with Crippen LogP contribution in [0.25, 0.3) is 0 Å². The average molecular weight is 456 g/mol. The van der Waals surface area contributed by atoms with E-state index in [1.54, 1.807) is 7.11 Å². The highest BCUT2D eigenvalue weighted by atomic mass is 32.2. The minimum Gasteiger partial charge on any atom is -0.497 e. The molecule has 1 heterocycles. The molecule has 0 bridgehead atoms. The Morgan fingerprint density at radius 1 is 1.12 bits per heavy atom. The van der Waals surface area contributed by atoms with E-state index in [4.69, 9.17) is 4.74 Å². The van der Waals surface area contributed by atoms with Crippen molar-refractivity contribution in [1.82, 2.24) is 15.3 Å². The number of amides is 2. The van der Waals surface area contributed by atoms with Gasteiger partial charge in [-0.15, -0.1) is 0 Å². The first-order chi connectivity index (χ1) is 15.4. The second-order valence-electron chi connectivity index (χ2n) is 6.69. The van der Waals surface area contributed by atoms with Crippen LogP contribution < -0.4 is 20.9 Å². The molecule has 0 aliphatic rings. The van der Waals surface area contributed by atoms with E-state index in [-0.39, 0.29) is 29.1 Å². The summed E-state index contributed by atoms with van der Waals surface area (Å²) < 4.78 is 18.1. The Labute approximate surface area is 187 Å². The number of hydrogen-bond acceptors (Lipinski definition) is 6. The molecule has 0 saturated heterocycles. The summed E-state index contributed by atoms with van der Waals surface area (Å²) in [6, 6.07) is 13.9. The van der Waals surface area contributed by atoms with Crippen molar-refractivity contribution in [3.05, 3.63) is 82.0 Å². The number of aromatic amines is 1. The lowest BCUT2D eigenvalue weighted by molar-refractivity contribution is -0.120. The molecule has 0 aliphatic heterocycles. The predicted molar refractivity (Wildman–Crippen MR) is 119 cm³/mol. The molecular formula is C22H21FN4O4S. The van der Waals surface area contributed by atoms with Crippen molar-refractivity contribution in [3.63, 3.8) is 0 Å². The lowest BCUT2D eigenvalue weighted by Crippen LogP contribution is -2.26. The molecule has 8 nitrogen and oxygen atoms in total. The quantitative estimate of drug-likeness (QED) is 0.337. The third kappa shape index (κ3) is 7.24. The van der Waals surface area contributed by atoms with Gasteiger partial charge < -0.3 is 20.4 Å². The molecule has 0 radical (unpaired) electrons. The van der Waals surface area contributed by atoms with Gasteiger partial charge in [0.15, 0.2) is 5.16 Å². The molecule has 0 spiro atoms. The molecule has 3 N–H and O–H groups in total. The molecule has 3 rings (SSSR count). The number of halogens is 1. The molecule has 0 fully saturated rings. The number of nitrogens with zero attached hydrogens (tertiary/aromatic N) is 1. The average Bonchev–Trinajstić information content (AvgIpc) is 2.78. The smallest absolute Gasteiger partial charge is 0.251 e. The summed E-state index contributed by atoms with van der Waals surface area (Å²) >= 11 is 1.02. The molecular weight excluding hydrogens is 435 g/mol. The van der Waals surface area contributed by atoms with Gasteiger partial charge in [0.05, 0.1) is 25.0 Å². The summed E-state index contributed by atoms with van der Waals surface area (Å²) in [5.41, 5.74) is 1.20. The number of thioether (sulfide) groups is 1. The van der Waals surface area contributed by atoms with E-state index in [1.807, 2.05) is 24.3 Å². The third-order valence-electron chi connectivity index (χ3n) is 4.21. The topological polar surface area (TPSA) is 113 Å². The summed E-state index contributed by atoms with van der Waals surface area (Å²) in [4.78, 5) is 43.0. The Balaban J connectivity index is 1.52. The van der Waals surface area contributed by atoms with E-state index < -0.39 is 11.4 Å². The zero-order chi connectivity index (χ0) is 22.9. The fourth-order valence-corrected chi connectivity index (χ4v) is 3.41. The monoisotopic (exact) mass is 456 g/mol. The largest absolute Gasteiger partial charge is 0.497 e. The number of hydrogen-bond donors (Lipinski definition) is 3. The van der Waals surface area contributed by atoms with E-state index >= 15 is 0 Å². The SMILES string of the molecule is COc1cccc(CNC(=O)Cc2cc(=O)[nH]c(SCC(=O)Nc3ccc(F)cc3)n2)c1. The van der Waals surface area contributed by atoms with Gasteiger partial charge in [0.2, 0.25) is 11.8 Å². The van der Waals surface area contributed by atoms with Gasteiger partial charge in [-0.05, 0) is 42.0 Å². The maximum Gasteiger partial charge on any atom is 0.251 e. The Morgan fingerprint density at radius 2 is 1.91 bits per heavy atom. The van der Waals surface area contributed by atoms with E-state index in [2.05, 4.69) is 20.6 Å². The van der Waals surface area contributed by atoms with Crippen molar-refractivity contribution in [1.29, 1.82) is 0 Å². The molecule has 0 atom stereocenters. The highest BCUT2D eigenvalue weighted by molar-refractivity contribution is 7.99. The molecule has 0 aliphatic carbocycles. The van der Waals surface area contributed by atoms with Gasteiger partial charge in [-0.25, -0.2) is 9.37 Å². The molecule has 2 aromatic carbocycles. The number of carbonyl (C=O) groups is 2. The number of rotatable bonds is 9. The molecule has 2 amide bonds. The van der Waals surface area contributed by atoms with Crippen molar-refractivity contribution in [2.75, 3.05) is 18.2 Å². The lowest BCUT2D eigenvalue weighted by atomic mass is 10.2. The fourth-order valence-electron chi connectivity index (χ4n) is 2.72. The van der Waals surface area contributed by atoms with Crippen molar-refractivity contribution in [2.45, 2.75) is 18.1 Å². The van der Waals surface area contributed by atoms with Crippen LogP contribution >= 0.6 is 11.8 Å². The van der Waals surface area contributed by atoms with Crippen LogP contribution in [-0.4, -0.2) is 34.6 Å². The van der Waals surface area contributed by atoms with Crippen molar-refractivity contribution >= 4 is 29.3 Å². The molecule has 3 aromatic rings. The number of carbonyl (C=O) groups excluding carboxylic acids is 2. The van der Waals surface area contributed by atoms with Crippen LogP contribution in [-0.2, 0) is 22.6 Å². The van der Waals surface area contributed by atoms with Crippen LogP contribution in [0.5, 0.6) is 5.75 Å². The second kappa shape index (κ2) is 11.1. The molecule has 1 aromatic heterocycles. The minimum atomic E-state index is -0.419.